The van der Waals surface area contributed by atoms with Gasteiger partial charge in [0.1, 0.15) is 0 Å². The van der Waals surface area contributed by atoms with Crippen LogP contribution < -0.4 is 5.32 Å². The zero-order chi connectivity index (χ0) is 19.3. The Balaban J connectivity index is 1.53. The molecule has 1 N–H and O–H groups in total. The molecule has 0 radical (unpaired) electrons. The highest BCUT2D eigenvalue weighted by Gasteiger charge is 2.40. The van der Waals surface area contributed by atoms with E-state index in [-0.39, 0.29) is 5.60 Å². The second-order valence-electron chi connectivity index (χ2n) is 9.35. The van der Waals surface area contributed by atoms with Crippen LogP contribution in [0.25, 0.3) is 0 Å². The van der Waals surface area contributed by atoms with Crippen LogP contribution in [0, 0.1) is 0 Å². The van der Waals surface area contributed by atoms with Gasteiger partial charge in [-0.15, -0.1) is 0 Å². The number of piperidine rings is 1. The van der Waals surface area contributed by atoms with Gasteiger partial charge in [-0.2, -0.15) is 11.8 Å². The zero-order valence-corrected chi connectivity index (χ0v) is 18.7. The van der Waals surface area contributed by atoms with Gasteiger partial charge in [0, 0.05) is 56.8 Å². The SMILES string of the molecule is CN=C(NCC1(N2CCSCC2)CCCC1)N1CCC(OC(C)(C)C)CC1. The molecule has 0 aromatic rings. The molecule has 0 amide bonds. The number of thioether (sulfide) groups is 1. The summed E-state index contributed by atoms with van der Waals surface area (Å²) in [6.07, 6.45) is 7.98. The molecule has 156 valence electrons. The van der Waals surface area contributed by atoms with Crippen LogP contribution in [0.3, 0.4) is 0 Å². The number of guanidine groups is 1. The maximum atomic E-state index is 6.18. The van der Waals surface area contributed by atoms with Gasteiger partial charge >= 0.3 is 0 Å². The first-order chi connectivity index (χ1) is 12.9. The molecular weight excluding hydrogens is 356 g/mol. The van der Waals surface area contributed by atoms with Gasteiger partial charge in [0.2, 0.25) is 0 Å². The number of aliphatic imine (C=N–C) groups is 1. The number of hydrogen-bond acceptors (Lipinski definition) is 4. The van der Waals surface area contributed by atoms with Crippen LogP contribution in [0.5, 0.6) is 0 Å². The van der Waals surface area contributed by atoms with E-state index in [9.17, 15) is 0 Å². The number of hydrogen-bond donors (Lipinski definition) is 1. The molecule has 0 unspecified atom stereocenters. The van der Waals surface area contributed by atoms with Crippen LogP contribution in [-0.4, -0.2) is 84.3 Å². The van der Waals surface area contributed by atoms with Crippen LogP contribution in [0.2, 0.25) is 0 Å². The number of nitrogens with zero attached hydrogens (tertiary/aromatic N) is 3. The van der Waals surface area contributed by atoms with E-state index in [0.717, 1.165) is 38.4 Å². The molecule has 27 heavy (non-hydrogen) atoms. The topological polar surface area (TPSA) is 40.1 Å². The summed E-state index contributed by atoms with van der Waals surface area (Å²) in [6.45, 7) is 12.1. The normalized spacial score (nSPS) is 25.8. The largest absolute Gasteiger partial charge is 0.372 e. The summed E-state index contributed by atoms with van der Waals surface area (Å²) in [5.74, 6) is 3.66. The Hall–Kier alpha value is -0.460. The molecule has 2 heterocycles. The van der Waals surface area contributed by atoms with E-state index in [4.69, 9.17) is 4.74 Å². The van der Waals surface area contributed by atoms with E-state index < -0.39 is 0 Å². The summed E-state index contributed by atoms with van der Waals surface area (Å²) >= 11 is 2.11. The highest BCUT2D eigenvalue weighted by Crippen LogP contribution is 2.36. The average Bonchev–Trinajstić information content (AvgIpc) is 3.13. The van der Waals surface area contributed by atoms with E-state index in [0.29, 0.717) is 11.6 Å². The van der Waals surface area contributed by atoms with Crippen molar-refractivity contribution in [2.24, 2.45) is 4.99 Å². The highest BCUT2D eigenvalue weighted by molar-refractivity contribution is 7.99. The van der Waals surface area contributed by atoms with Crippen molar-refractivity contribution in [1.82, 2.24) is 15.1 Å². The molecule has 5 nitrogen and oxygen atoms in total. The molecule has 0 spiro atoms. The molecule has 1 aliphatic carbocycles. The van der Waals surface area contributed by atoms with E-state index >= 15 is 0 Å². The Morgan fingerprint density at radius 1 is 1.11 bits per heavy atom. The second kappa shape index (κ2) is 9.36. The third-order valence-electron chi connectivity index (χ3n) is 6.27. The Kier molecular flexibility index (Phi) is 7.37. The van der Waals surface area contributed by atoms with Crippen molar-refractivity contribution >= 4 is 17.7 Å². The fourth-order valence-electron chi connectivity index (χ4n) is 4.94. The van der Waals surface area contributed by atoms with Crippen molar-refractivity contribution in [2.75, 3.05) is 51.3 Å². The standard InChI is InChI=1S/C21H40N4OS/c1-20(2,3)26-18-7-11-24(12-8-18)19(22-4)23-17-21(9-5-6-10-21)25-13-15-27-16-14-25/h18H,5-17H2,1-4H3,(H,22,23). The summed E-state index contributed by atoms with van der Waals surface area (Å²) in [6, 6.07) is 0. The quantitative estimate of drug-likeness (QED) is 0.584. The number of ether oxygens (including phenoxy) is 1. The van der Waals surface area contributed by atoms with Crippen LogP contribution >= 0.6 is 11.8 Å². The van der Waals surface area contributed by atoms with Crippen molar-refractivity contribution < 1.29 is 4.74 Å². The molecule has 3 rings (SSSR count). The van der Waals surface area contributed by atoms with Gasteiger partial charge < -0.3 is 15.0 Å². The molecule has 1 saturated carbocycles. The summed E-state index contributed by atoms with van der Waals surface area (Å²) in [4.78, 5) is 9.82. The van der Waals surface area contributed by atoms with Crippen molar-refractivity contribution in [2.45, 2.75) is 76.5 Å². The van der Waals surface area contributed by atoms with Gasteiger partial charge in [0.05, 0.1) is 11.7 Å². The summed E-state index contributed by atoms with van der Waals surface area (Å²) in [5, 5.41) is 3.77. The lowest BCUT2D eigenvalue weighted by Gasteiger charge is -2.44. The Bertz CT molecular complexity index is 485. The van der Waals surface area contributed by atoms with Gasteiger partial charge in [0.15, 0.2) is 5.96 Å². The lowest BCUT2D eigenvalue weighted by Crippen LogP contribution is -2.58. The maximum absolute atomic E-state index is 6.18. The minimum Gasteiger partial charge on any atom is -0.372 e. The van der Waals surface area contributed by atoms with Crippen molar-refractivity contribution in [3.05, 3.63) is 0 Å². The third-order valence-corrected chi connectivity index (χ3v) is 7.21. The minimum atomic E-state index is -0.0473. The van der Waals surface area contributed by atoms with Gasteiger partial charge in [-0.05, 0) is 46.5 Å². The van der Waals surface area contributed by atoms with Crippen LogP contribution in [0.15, 0.2) is 4.99 Å². The van der Waals surface area contributed by atoms with Gasteiger partial charge in [-0.1, -0.05) is 12.8 Å². The lowest BCUT2D eigenvalue weighted by molar-refractivity contribution is -0.0773. The lowest BCUT2D eigenvalue weighted by atomic mass is 9.94. The number of nitrogens with one attached hydrogen (secondary N) is 1. The van der Waals surface area contributed by atoms with Crippen molar-refractivity contribution in [3.8, 4) is 0 Å². The monoisotopic (exact) mass is 396 g/mol. The molecule has 2 aliphatic heterocycles. The Morgan fingerprint density at radius 2 is 1.74 bits per heavy atom. The molecule has 3 fully saturated rings. The zero-order valence-electron chi connectivity index (χ0n) is 17.9. The molecule has 0 bridgehead atoms. The van der Waals surface area contributed by atoms with Crippen LogP contribution in [-0.2, 0) is 4.74 Å². The van der Waals surface area contributed by atoms with Gasteiger partial charge in [0.25, 0.3) is 0 Å². The molecule has 6 heteroatoms. The van der Waals surface area contributed by atoms with E-state index in [1.807, 2.05) is 7.05 Å². The predicted octanol–water partition coefficient (Wildman–Crippen LogP) is 3.20. The first kappa shape index (κ1) is 21.3. The number of likely N-dealkylation sites (tertiary alicyclic amines) is 1. The Labute approximate surface area is 170 Å². The molecule has 0 aromatic heterocycles. The van der Waals surface area contributed by atoms with Crippen molar-refractivity contribution in [3.63, 3.8) is 0 Å². The second-order valence-corrected chi connectivity index (χ2v) is 10.6. The molecule has 2 saturated heterocycles. The summed E-state index contributed by atoms with van der Waals surface area (Å²) in [7, 11) is 1.93. The molecular formula is C21H40N4OS. The predicted molar refractivity (Wildman–Crippen MR) is 117 cm³/mol. The first-order valence-electron chi connectivity index (χ1n) is 10.9. The van der Waals surface area contributed by atoms with E-state index in [1.165, 1.54) is 50.3 Å². The van der Waals surface area contributed by atoms with Crippen LogP contribution in [0.4, 0.5) is 0 Å². The summed E-state index contributed by atoms with van der Waals surface area (Å²) < 4.78 is 6.18. The smallest absolute Gasteiger partial charge is 0.193 e. The fraction of sp³-hybridized carbons (Fsp3) is 0.952. The van der Waals surface area contributed by atoms with Gasteiger partial charge in [-0.3, -0.25) is 9.89 Å². The third kappa shape index (κ3) is 5.77. The van der Waals surface area contributed by atoms with E-state index in [2.05, 4.69) is 52.6 Å². The number of rotatable bonds is 4. The first-order valence-corrected chi connectivity index (χ1v) is 12.0. The average molecular weight is 397 g/mol. The maximum Gasteiger partial charge on any atom is 0.193 e. The molecule has 0 atom stereocenters. The Morgan fingerprint density at radius 3 is 2.30 bits per heavy atom. The minimum absolute atomic E-state index is 0.0473. The molecule has 3 aliphatic rings. The summed E-state index contributed by atoms with van der Waals surface area (Å²) in [5.41, 5.74) is 0.304. The fourth-order valence-corrected chi connectivity index (χ4v) is 5.84. The van der Waals surface area contributed by atoms with E-state index in [1.54, 1.807) is 0 Å². The van der Waals surface area contributed by atoms with Gasteiger partial charge in [-0.25, -0.2) is 0 Å². The highest BCUT2D eigenvalue weighted by atomic mass is 32.2. The van der Waals surface area contributed by atoms with Crippen LogP contribution in [0.1, 0.15) is 59.3 Å². The van der Waals surface area contributed by atoms with Crippen molar-refractivity contribution in [1.29, 1.82) is 0 Å². The molecule has 0 aromatic carbocycles.